The zero-order valence-corrected chi connectivity index (χ0v) is 11.4. The summed E-state index contributed by atoms with van der Waals surface area (Å²) in [4.78, 5) is 11.6. The maximum absolute atomic E-state index is 13.0. The third-order valence-electron chi connectivity index (χ3n) is 3.33. The number of ether oxygens (including phenoxy) is 1. The summed E-state index contributed by atoms with van der Waals surface area (Å²) in [5, 5.41) is 0. The highest BCUT2D eigenvalue weighted by Crippen LogP contribution is 2.27. The van der Waals surface area contributed by atoms with Crippen LogP contribution in [0.25, 0.3) is 0 Å². The molecule has 2 rings (SSSR count). The van der Waals surface area contributed by atoms with E-state index in [-0.39, 0.29) is 5.82 Å². The van der Waals surface area contributed by atoms with Gasteiger partial charge < -0.3 is 10.5 Å². The Labute approximate surface area is 117 Å². The van der Waals surface area contributed by atoms with Crippen molar-refractivity contribution in [2.45, 2.75) is 12.5 Å². The van der Waals surface area contributed by atoms with Gasteiger partial charge in [-0.15, -0.1) is 0 Å². The molecule has 0 aliphatic heterocycles. The number of methoxy groups -OCH3 is 1. The number of esters is 1. The molecule has 0 radical (unpaired) electrons. The van der Waals surface area contributed by atoms with Crippen molar-refractivity contribution in [2.75, 3.05) is 7.11 Å². The molecule has 1 atom stereocenters. The van der Waals surface area contributed by atoms with Crippen LogP contribution in [0.2, 0.25) is 0 Å². The number of halogens is 1. The van der Waals surface area contributed by atoms with Crippen LogP contribution in [-0.2, 0) is 10.3 Å². The molecule has 2 aromatic carbocycles. The number of rotatable bonds is 3. The summed E-state index contributed by atoms with van der Waals surface area (Å²) in [5.41, 5.74) is 7.48. The van der Waals surface area contributed by atoms with E-state index in [1.54, 1.807) is 30.3 Å². The van der Waals surface area contributed by atoms with Gasteiger partial charge in [-0.2, -0.15) is 0 Å². The molecule has 2 N–H and O–H groups in total. The first kappa shape index (κ1) is 14.2. The summed E-state index contributed by atoms with van der Waals surface area (Å²) in [6, 6.07) is 12.9. The Bertz CT molecular complexity index is 621. The molecule has 0 amide bonds. The smallest absolute Gasteiger partial charge is 0.337 e. The lowest BCUT2D eigenvalue weighted by Gasteiger charge is -2.26. The van der Waals surface area contributed by atoms with Crippen LogP contribution in [-0.4, -0.2) is 13.1 Å². The average molecular weight is 273 g/mol. The second-order valence-corrected chi connectivity index (χ2v) is 4.78. The molecule has 0 saturated heterocycles. The highest BCUT2D eigenvalue weighted by molar-refractivity contribution is 5.89. The molecular formula is C16H16FNO2. The maximum atomic E-state index is 13.0. The van der Waals surface area contributed by atoms with Crippen molar-refractivity contribution in [1.29, 1.82) is 0 Å². The van der Waals surface area contributed by atoms with Crippen LogP contribution in [0.1, 0.15) is 28.4 Å². The van der Waals surface area contributed by atoms with E-state index in [1.165, 1.54) is 19.2 Å². The van der Waals surface area contributed by atoms with E-state index >= 15 is 0 Å². The van der Waals surface area contributed by atoms with Crippen molar-refractivity contribution in [3.8, 4) is 0 Å². The van der Waals surface area contributed by atoms with Gasteiger partial charge in [-0.3, -0.25) is 0 Å². The Kier molecular flexibility index (Phi) is 3.86. The average Bonchev–Trinajstić information content (AvgIpc) is 2.47. The number of nitrogens with two attached hydrogens (primary N) is 1. The minimum absolute atomic E-state index is 0.312. The molecule has 0 aliphatic carbocycles. The molecule has 104 valence electrons. The minimum Gasteiger partial charge on any atom is -0.465 e. The van der Waals surface area contributed by atoms with E-state index in [0.717, 1.165) is 11.1 Å². The number of carbonyl (C=O) groups excluding carboxylic acids is 1. The quantitative estimate of drug-likeness (QED) is 0.875. The van der Waals surface area contributed by atoms with Gasteiger partial charge in [0.25, 0.3) is 0 Å². The van der Waals surface area contributed by atoms with Crippen molar-refractivity contribution in [3.05, 3.63) is 71.0 Å². The zero-order valence-electron chi connectivity index (χ0n) is 11.4. The molecule has 0 spiro atoms. The molecule has 4 heteroatoms. The molecule has 1 unspecified atom stereocenters. The molecule has 20 heavy (non-hydrogen) atoms. The SMILES string of the molecule is COC(=O)c1cccc(C(C)(N)c2ccc(F)cc2)c1. The van der Waals surface area contributed by atoms with E-state index < -0.39 is 11.5 Å². The molecule has 3 nitrogen and oxygen atoms in total. The summed E-state index contributed by atoms with van der Waals surface area (Å²) in [6.07, 6.45) is 0. The van der Waals surface area contributed by atoms with Gasteiger partial charge >= 0.3 is 5.97 Å². The first-order valence-electron chi connectivity index (χ1n) is 6.19. The summed E-state index contributed by atoms with van der Waals surface area (Å²) in [6.45, 7) is 1.82. The van der Waals surface area contributed by atoms with E-state index in [1.807, 2.05) is 13.0 Å². The number of carbonyl (C=O) groups is 1. The largest absolute Gasteiger partial charge is 0.465 e. The van der Waals surface area contributed by atoms with E-state index in [2.05, 4.69) is 0 Å². The summed E-state index contributed by atoms with van der Waals surface area (Å²) < 4.78 is 17.7. The fraction of sp³-hybridized carbons (Fsp3) is 0.188. The van der Waals surface area contributed by atoms with Crippen LogP contribution in [0.15, 0.2) is 48.5 Å². The van der Waals surface area contributed by atoms with Crippen LogP contribution in [0.3, 0.4) is 0 Å². The Balaban J connectivity index is 2.43. The third kappa shape index (κ3) is 2.70. The van der Waals surface area contributed by atoms with Gasteiger partial charge in [0.1, 0.15) is 5.82 Å². The first-order chi connectivity index (χ1) is 9.45. The summed E-state index contributed by atoms with van der Waals surface area (Å²) in [7, 11) is 1.33. The second-order valence-electron chi connectivity index (χ2n) is 4.78. The van der Waals surface area contributed by atoms with Crippen LogP contribution < -0.4 is 5.73 Å². The van der Waals surface area contributed by atoms with Crippen LogP contribution in [0.4, 0.5) is 4.39 Å². The van der Waals surface area contributed by atoms with Gasteiger partial charge in [0.15, 0.2) is 0 Å². The van der Waals surface area contributed by atoms with Crippen molar-refractivity contribution in [1.82, 2.24) is 0 Å². The molecule has 0 aliphatic rings. The number of hydrogen-bond acceptors (Lipinski definition) is 3. The zero-order chi connectivity index (χ0) is 14.8. The van der Waals surface area contributed by atoms with Crippen LogP contribution in [0, 0.1) is 5.82 Å². The van der Waals surface area contributed by atoms with Crippen LogP contribution in [0.5, 0.6) is 0 Å². The standard InChI is InChI=1S/C16H16FNO2/c1-16(18,12-6-8-14(17)9-7-12)13-5-3-4-11(10-13)15(19)20-2/h3-10H,18H2,1-2H3. The molecule has 2 aromatic rings. The number of hydrogen-bond donors (Lipinski definition) is 1. The third-order valence-corrected chi connectivity index (χ3v) is 3.33. The van der Waals surface area contributed by atoms with Crippen molar-refractivity contribution in [2.24, 2.45) is 5.73 Å². The predicted octanol–water partition coefficient (Wildman–Crippen LogP) is 2.83. The van der Waals surface area contributed by atoms with E-state index in [0.29, 0.717) is 5.56 Å². The summed E-state index contributed by atoms with van der Waals surface area (Å²) >= 11 is 0. The topological polar surface area (TPSA) is 52.3 Å². The Hall–Kier alpha value is -2.20. The van der Waals surface area contributed by atoms with Crippen molar-refractivity contribution >= 4 is 5.97 Å². The lowest BCUT2D eigenvalue weighted by Crippen LogP contribution is -2.34. The molecule has 0 bridgehead atoms. The highest BCUT2D eigenvalue weighted by Gasteiger charge is 2.24. The minimum atomic E-state index is -0.822. The summed E-state index contributed by atoms with van der Waals surface area (Å²) in [5.74, 6) is -0.727. The van der Waals surface area contributed by atoms with E-state index in [4.69, 9.17) is 10.5 Å². The predicted molar refractivity (Wildman–Crippen MR) is 74.8 cm³/mol. The van der Waals surface area contributed by atoms with E-state index in [9.17, 15) is 9.18 Å². The van der Waals surface area contributed by atoms with Gasteiger partial charge in [-0.25, -0.2) is 9.18 Å². The Morgan fingerprint density at radius 2 is 1.80 bits per heavy atom. The monoisotopic (exact) mass is 273 g/mol. The maximum Gasteiger partial charge on any atom is 0.337 e. The fourth-order valence-corrected chi connectivity index (χ4v) is 2.05. The van der Waals surface area contributed by atoms with Gasteiger partial charge in [0, 0.05) is 0 Å². The first-order valence-corrected chi connectivity index (χ1v) is 6.19. The molecule has 0 saturated carbocycles. The normalized spacial score (nSPS) is 13.6. The van der Waals surface area contributed by atoms with Gasteiger partial charge in [-0.1, -0.05) is 24.3 Å². The van der Waals surface area contributed by atoms with Crippen molar-refractivity contribution in [3.63, 3.8) is 0 Å². The molecular weight excluding hydrogens is 257 g/mol. The number of benzene rings is 2. The molecule has 0 fully saturated rings. The lowest BCUT2D eigenvalue weighted by molar-refractivity contribution is 0.0600. The second kappa shape index (κ2) is 5.43. The van der Waals surface area contributed by atoms with Gasteiger partial charge in [0.05, 0.1) is 18.2 Å². The van der Waals surface area contributed by atoms with Crippen molar-refractivity contribution < 1.29 is 13.9 Å². The molecule has 0 aromatic heterocycles. The fourth-order valence-electron chi connectivity index (χ4n) is 2.05. The Morgan fingerprint density at radius 1 is 1.15 bits per heavy atom. The van der Waals surface area contributed by atoms with Gasteiger partial charge in [0.2, 0.25) is 0 Å². The van der Waals surface area contributed by atoms with Crippen LogP contribution >= 0.6 is 0 Å². The Morgan fingerprint density at radius 3 is 2.40 bits per heavy atom. The lowest BCUT2D eigenvalue weighted by atomic mass is 9.85. The van der Waals surface area contributed by atoms with Gasteiger partial charge in [-0.05, 0) is 42.3 Å². The molecule has 0 heterocycles. The highest BCUT2D eigenvalue weighted by atomic mass is 19.1.